The van der Waals surface area contributed by atoms with Crippen LogP contribution in [0.15, 0.2) is 42.5 Å². The van der Waals surface area contributed by atoms with Gasteiger partial charge in [-0.3, -0.25) is 4.79 Å². The lowest BCUT2D eigenvalue weighted by Crippen LogP contribution is -2.12. The number of anilines is 1. The molecule has 1 heterocycles. The predicted molar refractivity (Wildman–Crippen MR) is 83.0 cm³/mol. The van der Waals surface area contributed by atoms with Gasteiger partial charge in [0, 0.05) is 5.56 Å². The van der Waals surface area contributed by atoms with Gasteiger partial charge < -0.3 is 10.1 Å². The molecule has 0 spiro atoms. The lowest BCUT2D eigenvalue weighted by Gasteiger charge is -2.11. The van der Waals surface area contributed by atoms with Gasteiger partial charge >= 0.3 is 0 Å². The molecule has 6 heteroatoms. The van der Waals surface area contributed by atoms with Crippen molar-refractivity contribution in [2.75, 3.05) is 11.9 Å². The first-order valence-corrected chi connectivity index (χ1v) is 7.30. The number of hydrogen-bond acceptors (Lipinski definition) is 5. The van der Waals surface area contributed by atoms with Crippen LogP contribution < -0.4 is 10.1 Å². The topological polar surface area (TPSA) is 64.1 Å². The van der Waals surface area contributed by atoms with Gasteiger partial charge in [-0.2, -0.15) is 0 Å². The highest BCUT2D eigenvalue weighted by Crippen LogP contribution is 2.25. The first-order valence-electron chi connectivity index (χ1n) is 6.53. The third kappa shape index (κ3) is 2.85. The van der Waals surface area contributed by atoms with Crippen LogP contribution in [0.25, 0.3) is 10.2 Å². The summed E-state index contributed by atoms with van der Waals surface area (Å²) in [6.45, 7) is 2.45. The summed E-state index contributed by atoms with van der Waals surface area (Å²) in [5, 5.41) is 6.84. The molecule has 3 rings (SSSR count). The number of benzene rings is 2. The van der Waals surface area contributed by atoms with Gasteiger partial charge in [0.1, 0.15) is 11.3 Å². The van der Waals surface area contributed by atoms with Crippen molar-refractivity contribution >= 4 is 33.3 Å². The summed E-state index contributed by atoms with van der Waals surface area (Å²) in [7, 11) is 0. The molecule has 2 aromatic carbocycles. The van der Waals surface area contributed by atoms with E-state index in [0.717, 1.165) is 10.2 Å². The molecule has 0 saturated heterocycles. The predicted octanol–water partition coefficient (Wildman–Crippen LogP) is 3.34. The molecule has 1 aromatic heterocycles. The zero-order chi connectivity index (χ0) is 14.7. The molecule has 1 amide bonds. The van der Waals surface area contributed by atoms with Crippen LogP contribution in [-0.2, 0) is 0 Å². The van der Waals surface area contributed by atoms with Crippen LogP contribution in [-0.4, -0.2) is 22.1 Å². The summed E-state index contributed by atoms with van der Waals surface area (Å²) in [5.41, 5.74) is 1.92. The van der Waals surface area contributed by atoms with E-state index in [9.17, 15) is 4.79 Å². The lowest BCUT2D eigenvalue weighted by molar-refractivity contribution is 0.102. The van der Waals surface area contributed by atoms with E-state index in [-0.39, 0.29) is 5.91 Å². The van der Waals surface area contributed by atoms with Crippen LogP contribution in [0.5, 0.6) is 5.75 Å². The number of aromatic nitrogens is 2. The number of nitrogens with zero attached hydrogens (tertiary/aromatic N) is 2. The third-order valence-electron chi connectivity index (χ3n) is 2.94. The third-order valence-corrected chi connectivity index (χ3v) is 3.65. The van der Waals surface area contributed by atoms with Crippen molar-refractivity contribution in [3.05, 3.63) is 48.0 Å². The van der Waals surface area contributed by atoms with Crippen LogP contribution in [0.4, 0.5) is 5.69 Å². The van der Waals surface area contributed by atoms with Crippen LogP contribution in [0.1, 0.15) is 17.3 Å². The Kier molecular flexibility index (Phi) is 3.79. The van der Waals surface area contributed by atoms with Crippen LogP contribution >= 0.6 is 11.5 Å². The second-order valence-electron chi connectivity index (χ2n) is 4.34. The molecule has 0 aliphatic carbocycles. The summed E-state index contributed by atoms with van der Waals surface area (Å²) in [6.07, 6.45) is 0. The van der Waals surface area contributed by atoms with Gasteiger partial charge in [-0.1, -0.05) is 16.6 Å². The van der Waals surface area contributed by atoms with Gasteiger partial charge in [0.05, 0.1) is 17.0 Å². The Morgan fingerprint density at radius 1 is 1.29 bits per heavy atom. The molecule has 1 N–H and O–H groups in total. The number of hydrogen-bond donors (Lipinski definition) is 1. The van der Waals surface area contributed by atoms with E-state index < -0.39 is 0 Å². The maximum absolute atomic E-state index is 12.3. The molecule has 0 radical (unpaired) electrons. The lowest BCUT2D eigenvalue weighted by atomic mass is 10.2. The number of para-hydroxylation sites is 2. The van der Waals surface area contributed by atoms with E-state index in [4.69, 9.17) is 4.74 Å². The second kappa shape index (κ2) is 5.88. The molecular formula is C15H13N3O2S. The Bertz CT molecular complexity index is 785. The molecule has 0 bridgehead atoms. The maximum atomic E-state index is 12.3. The van der Waals surface area contributed by atoms with Crippen molar-refractivity contribution in [1.82, 2.24) is 9.59 Å². The van der Waals surface area contributed by atoms with Crippen molar-refractivity contribution < 1.29 is 9.53 Å². The molecule has 0 aliphatic heterocycles. The molecule has 21 heavy (non-hydrogen) atoms. The standard InChI is InChI=1S/C15H13N3O2S/c1-2-20-13-6-4-3-5-11(13)16-15(19)10-7-8-14-12(9-10)17-18-21-14/h3-9H,2H2,1H3,(H,16,19). The number of amides is 1. The summed E-state index contributed by atoms with van der Waals surface area (Å²) >= 11 is 1.31. The van der Waals surface area contributed by atoms with Gasteiger partial charge in [0.15, 0.2) is 0 Å². The maximum Gasteiger partial charge on any atom is 0.255 e. The summed E-state index contributed by atoms with van der Waals surface area (Å²) in [4.78, 5) is 12.3. The van der Waals surface area contributed by atoms with Crippen LogP contribution in [0.3, 0.4) is 0 Å². The van der Waals surface area contributed by atoms with Gasteiger partial charge in [0.2, 0.25) is 0 Å². The number of carbonyl (C=O) groups is 1. The Balaban J connectivity index is 1.85. The molecule has 0 unspecified atom stereocenters. The molecule has 0 fully saturated rings. The smallest absolute Gasteiger partial charge is 0.255 e. The molecule has 106 valence electrons. The number of nitrogens with one attached hydrogen (secondary N) is 1. The molecule has 0 aliphatic rings. The average Bonchev–Trinajstić information content (AvgIpc) is 2.97. The van der Waals surface area contributed by atoms with Crippen molar-refractivity contribution in [3.63, 3.8) is 0 Å². The van der Waals surface area contributed by atoms with Gasteiger partial charge in [-0.05, 0) is 48.8 Å². The molecule has 5 nitrogen and oxygen atoms in total. The highest BCUT2D eigenvalue weighted by atomic mass is 32.1. The average molecular weight is 299 g/mol. The molecular weight excluding hydrogens is 286 g/mol. The van der Waals surface area contributed by atoms with Crippen LogP contribution in [0, 0.1) is 0 Å². The fourth-order valence-corrected chi connectivity index (χ4v) is 2.51. The zero-order valence-electron chi connectivity index (χ0n) is 11.4. The highest BCUT2D eigenvalue weighted by Gasteiger charge is 2.11. The normalized spacial score (nSPS) is 10.5. The molecule has 3 aromatic rings. The highest BCUT2D eigenvalue weighted by molar-refractivity contribution is 7.12. The monoisotopic (exact) mass is 299 g/mol. The minimum absolute atomic E-state index is 0.197. The summed E-state index contributed by atoms with van der Waals surface area (Å²) in [6, 6.07) is 12.7. The van der Waals surface area contributed by atoms with Crippen molar-refractivity contribution in [2.24, 2.45) is 0 Å². The van der Waals surface area contributed by atoms with E-state index in [2.05, 4.69) is 14.9 Å². The largest absolute Gasteiger partial charge is 0.492 e. The van der Waals surface area contributed by atoms with E-state index in [0.29, 0.717) is 23.6 Å². The van der Waals surface area contributed by atoms with E-state index in [1.807, 2.05) is 37.3 Å². The minimum atomic E-state index is -0.197. The Hall–Kier alpha value is -2.47. The number of carbonyl (C=O) groups excluding carboxylic acids is 1. The molecule has 0 atom stereocenters. The van der Waals surface area contributed by atoms with E-state index in [1.165, 1.54) is 11.5 Å². The number of rotatable bonds is 4. The Labute approximate surface area is 125 Å². The van der Waals surface area contributed by atoms with Crippen molar-refractivity contribution in [2.45, 2.75) is 6.92 Å². The van der Waals surface area contributed by atoms with Gasteiger partial charge in [0.25, 0.3) is 5.91 Å². The summed E-state index contributed by atoms with van der Waals surface area (Å²) in [5.74, 6) is 0.460. The first-order chi connectivity index (χ1) is 10.3. The summed E-state index contributed by atoms with van der Waals surface area (Å²) < 4.78 is 10.3. The minimum Gasteiger partial charge on any atom is -0.492 e. The van der Waals surface area contributed by atoms with Crippen molar-refractivity contribution in [1.29, 1.82) is 0 Å². The number of ether oxygens (including phenoxy) is 1. The first kappa shape index (κ1) is 13.5. The Morgan fingerprint density at radius 3 is 3.00 bits per heavy atom. The van der Waals surface area contributed by atoms with Gasteiger partial charge in [-0.15, -0.1) is 5.10 Å². The molecule has 0 saturated carbocycles. The fraction of sp³-hybridized carbons (Fsp3) is 0.133. The Morgan fingerprint density at radius 2 is 2.14 bits per heavy atom. The fourth-order valence-electron chi connectivity index (χ4n) is 1.97. The van der Waals surface area contributed by atoms with Crippen molar-refractivity contribution in [3.8, 4) is 5.75 Å². The van der Waals surface area contributed by atoms with Gasteiger partial charge in [-0.25, -0.2) is 0 Å². The quantitative estimate of drug-likeness (QED) is 0.802. The number of fused-ring (bicyclic) bond motifs is 1. The SMILES string of the molecule is CCOc1ccccc1NC(=O)c1ccc2snnc2c1. The van der Waals surface area contributed by atoms with E-state index in [1.54, 1.807) is 12.1 Å². The zero-order valence-corrected chi connectivity index (χ0v) is 12.2. The van der Waals surface area contributed by atoms with Crippen LogP contribution in [0.2, 0.25) is 0 Å². The second-order valence-corrected chi connectivity index (χ2v) is 5.12. The van der Waals surface area contributed by atoms with E-state index >= 15 is 0 Å².